The van der Waals surface area contributed by atoms with Crippen molar-refractivity contribution in [2.75, 3.05) is 6.54 Å². The van der Waals surface area contributed by atoms with Gasteiger partial charge in [0.05, 0.1) is 3.57 Å². The number of ether oxygens (including phenoxy) is 1. The molecular weight excluding hydrogens is 339 g/mol. The highest BCUT2D eigenvalue weighted by Crippen LogP contribution is 2.28. The van der Waals surface area contributed by atoms with Crippen LogP contribution in [0.4, 0.5) is 0 Å². The number of benzene rings is 2. The molecule has 0 aromatic heterocycles. The summed E-state index contributed by atoms with van der Waals surface area (Å²) in [4.78, 5) is 0. The highest BCUT2D eigenvalue weighted by atomic mass is 125. The van der Waals surface area contributed by atoms with E-state index in [2.05, 4.69) is 28.7 Å². The van der Waals surface area contributed by atoms with Crippen LogP contribution in [-0.2, 0) is 6.42 Å². The maximum atomic E-state index is 9.20. The molecule has 0 saturated carbocycles. The number of phenolic OH excluding ortho intramolecular Hbond substituents is 1. The highest BCUT2D eigenvalue weighted by Gasteiger charge is 2.04. The van der Waals surface area contributed by atoms with Crippen LogP contribution < -0.4 is 10.5 Å². The van der Waals surface area contributed by atoms with E-state index >= 15 is 0 Å². The Hall–Kier alpha value is -1.27. The average Bonchev–Trinajstić information content (AvgIpc) is 2.36. The summed E-state index contributed by atoms with van der Waals surface area (Å²) >= 11 is 2.24. The van der Waals surface area contributed by atoms with E-state index in [-0.39, 0.29) is 5.75 Å². The number of hydrogen-bond donors (Lipinski definition) is 2. The molecule has 0 spiro atoms. The van der Waals surface area contributed by atoms with E-state index < -0.39 is 0 Å². The Labute approximate surface area is 120 Å². The van der Waals surface area contributed by atoms with E-state index in [1.807, 2.05) is 12.1 Å². The molecule has 0 fully saturated rings. The normalized spacial score (nSPS) is 10.3. The number of rotatable bonds is 4. The lowest BCUT2D eigenvalue weighted by molar-refractivity contribution is 0.463. The van der Waals surface area contributed by atoms with Gasteiger partial charge in [-0.15, -0.1) is 0 Å². The van der Waals surface area contributed by atoms with Crippen molar-refractivity contribution in [3.63, 3.8) is 0 Å². The number of nitrogens with two attached hydrogens (primary N) is 1. The van der Waals surface area contributed by atoms with Crippen LogP contribution in [0.5, 0.6) is 17.2 Å². The molecule has 0 amide bonds. The third-order valence-electron chi connectivity index (χ3n) is 2.49. The van der Waals surface area contributed by atoms with Crippen molar-refractivity contribution in [3.05, 3.63) is 51.6 Å². The highest BCUT2D eigenvalue weighted by molar-refractivity contribution is 14.1. The summed E-state index contributed by atoms with van der Waals surface area (Å²) in [7, 11) is 0. The zero-order chi connectivity index (χ0) is 13.0. The average molecular weight is 353 g/mol. The Morgan fingerprint density at radius 3 is 2.44 bits per heavy atom. The van der Waals surface area contributed by atoms with E-state index in [0.717, 1.165) is 15.7 Å². The van der Waals surface area contributed by atoms with Crippen molar-refractivity contribution in [3.8, 4) is 17.2 Å². The van der Waals surface area contributed by atoms with Crippen molar-refractivity contribution in [1.29, 1.82) is 0 Å². The van der Waals surface area contributed by atoms with E-state index in [1.54, 1.807) is 24.3 Å². The van der Waals surface area contributed by atoms with E-state index in [0.29, 0.717) is 12.3 Å². The molecule has 0 radical (unpaired) electrons. The van der Waals surface area contributed by atoms with Gasteiger partial charge < -0.3 is 15.6 Å². The molecule has 0 bridgehead atoms. The maximum absolute atomic E-state index is 9.20. The van der Waals surface area contributed by atoms with Gasteiger partial charge in [-0.3, -0.25) is 0 Å². The SMILES string of the molecule is NCCc1ccc(Oc2ccc(O)cc2)c([125I])c1. The van der Waals surface area contributed by atoms with Gasteiger partial charge in [0.1, 0.15) is 17.2 Å². The summed E-state index contributed by atoms with van der Waals surface area (Å²) in [5, 5.41) is 9.20. The summed E-state index contributed by atoms with van der Waals surface area (Å²) in [6.07, 6.45) is 0.871. The number of halogens is 1. The predicted octanol–water partition coefficient (Wildman–Crippen LogP) is 3.29. The Balaban J connectivity index is 2.16. The second-order valence-corrected chi connectivity index (χ2v) is 5.06. The van der Waals surface area contributed by atoms with Crippen molar-refractivity contribution < 1.29 is 9.84 Å². The third kappa shape index (κ3) is 3.36. The van der Waals surface area contributed by atoms with Gasteiger partial charge in [0.15, 0.2) is 0 Å². The Morgan fingerprint density at radius 2 is 1.83 bits per heavy atom. The predicted molar refractivity (Wildman–Crippen MR) is 80.1 cm³/mol. The second kappa shape index (κ2) is 6.06. The van der Waals surface area contributed by atoms with E-state index in [1.165, 1.54) is 5.56 Å². The quantitative estimate of drug-likeness (QED) is 0.830. The van der Waals surface area contributed by atoms with Crippen molar-refractivity contribution in [2.24, 2.45) is 5.73 Å². The molecule has 0 unspecified atom stereocenters. The summed E-state index contributed by atoms with van der Waals surface area (Å²) in [6.45, 7) is 0.647. The number of phenols is 1. The molecule has 94 valence electrons. The molecule has 2 aromatic rings. The Kier molecular flexibility index (Phi) is 4.43. The molecule has 3 nitrogen and oxygen atoms in total. The van der Waals surface area contributed by atoms with Gasteiger partial charge in [-0.05, 0) is 77.5 Å². The van der Waals surface area contributed by atoms with E-state index in [4.69, 9.17) is 10.5 Å². The minimum Gasteiger partial charge on any atom is -0.508 e. The Morgan fingerprint density at radius 1 is 1.11 bits per heavy atom. The standard InChI is InChI=1S/C14H14INO2/c15-13-9-10(7-8-16)1-6-14(13)18-12-4-2-11(17)3-5-12/h1-6,9,17H,7-8,16H2/i15-2. The van der Waals surface area contributed by atoms with Crippen LogP contribution in [0.25, 0.3) is 0 Å². The van der Waals surface area contributed by atoms with Gasteiger partial charge in [-0.25, -0.2) is 0 Å². The molecule has 4 heteroatoms. The molecule has 0 saturated heterocycles. The molecule has 3 N–H and O–H groups in total. The molecule has 18 heavy (non-hydrogen) atoms. The number of aromatic hydroxyl groups is 1. The lowest BCUT2D eigenvalue weighted by Gasteiger charge is -2.09. The lowest BCUT2D eigenvalue weighted by atomic mass is 10.1. The fourth-order valence-electron chi connectivity index (χ4n) is 1.59. The van der Waals surface area contributed by atoms with Crippen LogP contribution in [0, 0.1) is 3.57 Å². The summed E-state index contributed by atoms with van der Waals surface area (Å²) in [5.41, 5.74) is 6.74. The first kappa shape index (κ1) is 13.2. The maximum Gasteiger partial charge on any atom is 0.140 e. The summed E-state index contributed by atoms with van der Waals surface area (Å²) in [5.74, 6) is 1.75. The van der Waals surface area contributed by atoms with Crippen LogP contribution in [-0.4, -0.2) is 11.7 Å². The minimum absolute atomic E-state index is 0.232. The summed E-state index contributed by atoms with van der Waals surface area (Å²) in [6, 6.07) is 12.7. The molecule has 0 heterocycles. The Bertz CT molecular complexity index is 526. The molecule has 0 atom stereocenters. The van der Waals surface area contributed by atoms with E-state index in [9.17, 15) is 5.11 Å². The fourth-order valence-corrected chi connectivity index (χ4v) is 2.28. The first-order valence-electron chi connectivity index (χ1n) is 5.64. The topological polar surface area (TPSA) is 55.5 Å². The minimum atomic E-state index is 0.232. The zero-order valence-electron chi connectivity index (χ0n) is 9.77. The first-order chi connectivity index (χ1) is 8.69. The summed E-state index contributed by atoms with van der Waals surface area (Å²) < 4.78 is 6.80. The number of hydrogen-bond acceptors (Lipinski definition) is 3. The van der Waals surface area contributed by atoms with Crippen LogP contribution in [0.1, 0.15) is 5.56 Å². The second-order valence-electron chi connectivity index (χ2n) is 3.90. The van der Waals surface area contributed by atoms with Crippen molar-refractivity contribution in [1.82, 2.24) is 0 Å². The fraction of sp³-hybridized carbons (Fsp3) is 0.143. The first-order valence-corrected chi connectivity index (χ1v) is 6.72. The molecule has 0 aliphatic heterocycles. The van der Waals surface area contributed by atoms with Gasteiger partial charge in [-0.2, -0.15) is 0 Å². The monoisotopic (exact) mass is 353 g/mol. The van der Waals surface area contributed by atoms with Gasteiger partial charge in [0, 0.05) is 0 Å². The van der Waals surface area contributed by atoms with Gasteiger partial charge in [0.25, 0.3) is 0 Å². The zero-order valence-corrected chi connectivity index (χ0v) is 11.9. The molecule has 0 aliphatic carbocycles. The van der Waals surface area contributed by atoms with Crippen LogP contribution in [0.2, 0.25) is 0 Å². The van der Waals surface area contributed by atoms with Gasteiger partial charge >= 0.3 is 0 Å². The smallest absolute Gasteiger partial charge is 0.140 e. The largest absolute Gasteiger partial charge is 0.508 e. The van der Waals surface area contributed by atoms with Crippen LogP contribution in [0.15, 0.2) is 42.5 Å². The molecular formula is C14H14INO2. The van der Waals surface area contributed by atoms with Crippen LogP contribution in [0.3, 0.4) is 0 Å². The molecule has 2 rings (SSSR count). The molecule has 0 aliphatic rings. The third-order valence-corrected chi connectivity index (χ3v) is 3.34. The lowest BCUT2D eigenvalue weighted by Crippen LogP contribution is -2.02. The van der Waals surface area contributed by atoms with Crippen molar-refractivity contribution in [2.45, 2.75) is 6.42 Å². The van der Waals surface area contributed by atoms with Crippen molar-refractivity contribution >= 4 is 22.6 Å². The molecule has 2 aromatic carbocycles. The van der Waals surface area contributed by atoms with Gasteiger partial charge in [-0.1, -0.05) is 6.07 Å². The van der Waals surface area contributed by atoms with Gasteiger partial charge in [0.2, 0.25) is 0 Å². The van der Waals surface area contributed by atoms with Crippen LogP contribution >= 0.6 is 22.6 Å².